The average molecular weight is 329 g/mol. The summed E-state index contributed by atoms with van der Waals surface area (Å²) >= 11 is 0. The van der Waals surface area contributed by atoms with Crippen molar-refractivity contribution in [2.75, 3.05) is 26.3 Å². The highest BCUT2D eigenvalue weighted by Crippen LogP contribution is 2.34. The van der Waals surface area contributed by atoms with Crippen LogP contribution in [0.4, 0.5) is 0 Å². The zero-order valence-electron chi connectivity index (χ0n) is 14.5. The van der Waals surface area contributed by atoms with Gasteiger partial charge in [-0.15, -0.1) is 0 Å². The predicted octanol–water partition coefficient (Wildman–Crippen LogP) is 1.99. The van der Waals surface area contributed by atoms with Crippen molar-refractivity contribution in [1.29, 1.82) is 0 Å². The van der Waals surface area contributed by atoms with Gasteiger partial charge >= 0.3 is 0 Å². The lowest BCUT2D eigenvalue weighted by molar-refractivity contribution is -0.129. The number of hydrogen-bond donors (Lipinski definition) is 0. The van der Waals surface area contributed by atoms with Gasteiger partial charge in [-0.3, -0.25) is 14.7 Å². The molecule has 0 aliphatic carbocycles. The second-order valence-corrected chi connectivity index (χ2v) is 7.47. The van der Waals surface area contributed by atoms with Gasteiger partial charge in [-0.1, -0.05) is 6.07 Å². The van der Waals surface area contributed by atoms with Crippen LogP contribution in [0.25, 0.3) is 0 Å². The molecule has 0 bridgehead atoms. The average Bonchev–Trinajstić information content (AvgIpc) is 3.09. The molecule has 4 heterocycles. The van der Waals surface area contributed by atoms with E-state index in [1.807, 2.05) is 25.1 Å². The Morgan fingerprint density at radius 1 is 1.21 bits per heavy atom. The number of fused-ring (bicyclic) bond motifs is 1. The fourth-order valence-electron chi connectivity index (χ4n) is 4.56. The molecule has 3 fully saturated rings. The largest absolute Gasteiger partial charge is 0.381 e. The van der Waals surface area contributed by atoms with Gasteiger partial charge in [-0.25, -0.2) is 0 Å². The molecular weight excluding hydrogens is 302 g/mol. The quantitative estimate of drug-likeness (QED) is 0.847. The summed E-state index contributed by atoms with van der Waals surface area (Å²) in [7, 11) is 0. The summed E-state index contributed by atoms with van der Waals surface area (Å²) in [6, 6.07) is 6.85. The Labute approximate surface area is 144 Å². The normalized spacial score (nSPS) is 28.5. The third kappa shape index (κ3) is 3.20. The molecular formula is C19H27N3O2. The number of aromatic nitrogens is 1. The van der Waals surface area contributed by atoms with E-state index < -0.39 is 0 Å². The van der Waals surface area contributed by atoms with E-state index in [1.165, 1.54) is 12.8 Å². The van der Waals surface area contributed by atoms with Gasteiger partial charge in [-0.2, -0.15) is 0 Å². The second-order valence-electron chi connectivity index (χ2n) is 7.47. The summed E-state index contributed by atoms with van der Waals surface area (Å²) in [6.45, 7) is 6.72. The van der Waals surface area contributed by atoms with Gasteiger partial charge in [0.05, 0.1) is 12.2 Å². The number of carbonyl (C=O) groups excluding carboxylic acids is 1. The maximum atomic E-state index is 12.6. The number of likely N-dealkylation sites (tertiary alicyclic amines) is 2. The fourth-order valence-corrected chi connectivity index (χ4v) is 4.56. The first-order chi connectivity index (χ1) is 11.7. The van der Waals surface area contributed by atoms with Crippen LogP contribution in [0.3, 0.4) is 0 Å². The molecule has 3 saturated heterocycles. The van der Waals surface area contributed by atoms with Crippen molar-refractivity contribution in [2.24, 2.45) is 5.92 Å². The molecule has 1 aromatic rings. The minimum atomic E-state index is 0.296. The monoisotopic (exact) mass is 329 g/mol. The fraction of sp³-hybridized carbons (Fsp3) is 0.684. The molecule has 0 unspecified atom stereocenters. The molecule has 1 aromatic heterocycles. The minimum absolute atomic E-state index is 0.296. The van der Waals surface area contributed by atoms with Gasteiger partial charge in [0.2, 0.25) is 5.91 Å². The number of hydrogen-bond acceptors (Lipinski definition) is 4. The first-order valence-corrected chi connectivity index (χ1v) is 9.24. The van der Waals surface area contributed by atoms with Crippen LogP contribution in [-0.4, -0.2) is 59.1 Å². The van der Waals surface area contributed by atoms with Gasteiger partial charge < -0.3 is 9.64 Å². The highest BCUT2D eigenvalue weighted by molar-refractivity contribution is 5.80. The van der Waals surface area contributed by atoms with Crippen molar-refractivity contribution < 1.29 is 9.53 Å². The zero-order chi connectivity index (χ0) is 16.5. The van der Waals surface area contributed by atoms with E-state index in [4.69, 9.17) is 4.74 Å². The van der Waals surface area contributed by atoms with Gasteiger partial charge in [0.25, 0.3) is 0 Å². The highest BCUT2D eigenvalue weighted by Gasteiger charge is 2.46. The summed E-state index contributed by atoms with van der Waals surface area (Å²) in [5.41, 5.74) is 2.02. The third-order valence-electron chi connectivity index (χ3n) is 5.84. The Morgan fingerprint density at radius 3 is 2.83 bits per heavy atom. The number of nitrogens with zero attached hydrogens (tertiary/aromatic N) is 3. The Hall–Kier alpha value is -1.46. The van der Waals surface area contributed by atoms with Gasteiger partial charge in [0, 0.05) is 50.5 Å². The smallest absolute Gasteiger partial charge is 0.224 e. The number of ether oxygens (including phenoxy) is 1. The van der Waals surface area contributed by atoms with Gasteiger partial charge in [0.1, 0.15) is 0 Å². The van der Waals surface area contributed by atoms with Crippen LogP contribution in [0.5, 0.6) is 0 Å². The van der Waals surface area contributed by atoms with Crippen LogP contribution in [0.2, 0.25) is 0 Å². The minimum Gasteiger partial charge on any atom is -0.381 e. The highest BCUT2D eigenvalue weighted by atomic mass is 16.5. The van der Waals surface area contributed by atoms with Crippen LogP contribution in [0.15, 0.2) is 18.2 Å². The number of aryl methyl sites for hydroxylation is 1. The maximum absolute atomic E-state index is 12.6. The maximum Gasteiger partial charge on any atom is 0.224 e. The summed E-state index contributed by atoms with van der Waals surface area (Å²) in [5.74, 6) is 1.03. The number of pyridine rings is 1. The van der Waals surface area contributed by atoms with E-state index in [-0.39, 0.29) is 0 Å². The first kappa shape index (κ1) is 16.0. The molecule has 0 saturated carbocycles. The summed E-state index contributed by atoms with van der Waals surface area (Å²) in [6.07, 6.45) is 4.11. The molecule has 0 N–H and O–H groups in total. The molecule has 24 heavy (non-hydrogen) atoms. The molecule has 3 aliphatic heterocycles. The van der Waals surface area contributed by atoms with Crippen molar-refractivity contribution in [2.45, 2.75) is 51.2 Å². The Kier molecular flexibility index (Phi) is 4.55. The number of amides is 1. The van der Waals surface area contributed by atoms with Crippen molar-refractivity contribution in [3.05, 3.63) is 29.6 Å². The molecule has 0 aromatic carbocycles. The van der Waals surface area contributed by atoms with Crippen molar-refractivity contribution in [3.63, 3.8) is 0 Å². The van der Waals surface area contributed by atoms with Crippen LogP contribution >= 0.6 is 0 Å². The summed E-state index contributed by atoms with van der Waals surface area (Å²) < 4.78 is 5.47. The van der Waals surface area contributed by atoms with E-state index in [0.717, 1.165) is 50.0 Å². The number of rotatable bonds is 4. The molecule has 5 nitrogen and oxygen atoms in total. The lowest BCUT2D eigenvalue weighted by Crippen LogP contribution is -2.39. The van der Waals surface area contributed by atoms with Crippen molar-refractivity contribution >= 4 is 5.91 Å². The number of carbonyl (C=O) groups is 1. The van der Waals surface area contributed by atoms with Crippen LogP contribution in [-0.2, 0) is 16.1 Å². The van der Waals surface area contributed by atoms with Gasteiger partial charge in [-0.05, 0) is 44.2 Å². The van der Waals surface area contributed by atoms with E-state index in [0.29, 0.717) is 31.0 Å². The van der Waals surface area contributed by atoms with Crippen molar-refractivity contribution in [3.8, 4) is 0 Å². The van der Waals surface area contributed by atoms with Crippen LogP contribution in [0.1, 0.15) is 37.1 Å². The zero-order valence-corrected chi connectivity index (χ0v) is 14.5. The van der Waals surface area contributed by atoms with Gasteiger partial charge in [0.15, 0.2) is 0 Å². The van der Waals surface area contributed by atoms with Crippen molar-refractivity contribution in [1.82, 2.24) is 14.8 Å². The summed E-state index contributed by atoms with van der Waals surface area (Å²) in [5, 5.41) is 0. The molecule has 0 spiro atoms. The predicted molar refractivity (Wildman–Crippen MR) is 91.5 cm³/mol. The Bertz CT molecular complexity index is 600. The van der Waals surface area contributed by atoms with E-state index in [1.54, 1.807) is 0 Å². The van der Waals surface area contributed by atoms with E-state index >= 15 is 0 Å². The van der Waals surface area contributed by atoms with E-state index in [2.05, 4.69) is 14.8 Å². The molecule has 1 amide bonds. The Morgan fingerprint density at radius 2 is 2.04 bits per heavy atom. The molecule has 4 rings (SSSR count). The lowest BCUT2D eigenvalue weighted by Gasteiger charge is -2.30. The summed E-state index contributed by atoms with van der Waals surface area (Å²) in [4.78, 5) is 21.8. The van der Waals surface area contributed by atoms with E-state index in [9.17, 15) is 4.79 Å². The van der Waals surface area contributed by atoms with Crippen LogP contribution < -0.4 is 0 Å². The Balaban J connectivity index is 1.41. The molecule has 5 heteroatoms. The molecule has 2 atom stereocenters. The molecule has 3 aliphatic rings. The first-order valence-electron chi connectivity index (χ1n) is 9.24. The van der Waals surface area contributed by atoms with Crippen LogP contribution in [0, 0.1) is 12.8 Å². The standard InChI is InChI=1S/C19H27N3O2/c1-14-3-2-4-16(20-14)13-22-17-5-8-21(18(17)11-19(22)23)12-15-6-9-24-10-7-15/h2-4,15,17-18H,5-13H2,1H3/t17-,18+/m1/s1. The molecule has 130 valence electrons. The molecule has 0 radical (unpaired) electrons. The lowest BCUT2D eigenvalue weighted by atomic mass is 9.99. The SMILES string of the molecule is Cc1cccc(CN2C(=O)C[C@H]3[C@H]2CCN3CC2CCOCC2)n1. The topological polar surface area (TPSA) is 45.7 Å². The second kappa shape index (κ2) is 6.81. The third-order valence-corrected chi connectivity index (χ3v) is 5.84.